The van der Waals surface area contributed by atoms with Crippen LogP contribution in [0.5, 0.6) is 0 Å². The number of nitrogens with one attached hydrogen (secondary N) is 1. The minimum absolute atomic E-state index is 0.791. The van der Waals surface area contributed by atoms with Gasteiger partial charge < -0.3 is 5.32 Å². The van der Waals surface area contributed by atoms with Crippen LogP contribution in [0.1, 0.15) is 31.2 Å². The van der Waals surface area contributed by atoms with E-state index in [0.29, 0.717) is 0 Å². The summed E-state index contributed by atoms with van der Waals surface area (Å²) in [7, 11) is 0. The number of piperidine rings is 1. The molecule has 0 amide bonds. The largest absolute Gasteiger partial charge is 0.314 e. The number of rotatable bonds is 2. The first-order chi connectivity index (χ1) is 8.92. The van der Waals surface area contributed by atoms with E-state index in [4.69, 9.17) is 0 Å². The van der Waals surface area contributed by atoms with Crippen molar-refractivity contribution in [1.29, 1.82) is 0 Å². The van der Waals surface area contributed by atoms with Gasteiger partial charge in [-0.1, -0.05) is 30.3 Å². The van der Waals surface area contributed by atoms with Gasteiger partial charge in [0.1, 0.15) is 0 Å². The Labute approximate surface area is 110 Å². The Balaban J connectivity index is 1.58. The van der Waals surface area contributed by atoms with Crippen molar-refractivity contribution in [2.45, 2.75) is 38.3 Å². The Morgan fingerprint density at radius 3 is 2.78 bits per heavy atom. The predicted molar refractivity (Wildman–Crippen MR) is 75.5 cm³/mol. The second-order valence-electron chi connectivity index (χ2n) is 5.80. The average Bonchev–Trinajstić information content (AvgIpc) is 2.63. The molecule has 1 aromatic rings. The van der Waals surface area contributed by atoms with Gasteiger partial charge in [0, 0.05) is 12.6 Å². The van der Waals surface area contributed by atoms with E-state index in [0.717, 1.165) is 18.5 Å². The van der Waals surface area contributed by atoms with Crippen molar-refractivity contribution < 1.29 is 0 Å². The zero-order chi connectivity index (χ0) is 12.2. The van der Waals surface area contributed by atoms with E-state index in [2.05, 4.69) is 40.5 Å². The lowest BCUT2D eigenvalue weighted by molar-refractivity contribution is 0.267. The van der Waals surface area contributed by atoms with Gasteiger partial charge in [0.05, 0.1) is 0 Å². The Kier molecular flexibility index (Phi) is 3.96. The fraction of sp³-hybridized carbons (Fsp3) is 0.625. The minimum atomic E-state index is 0.791. The molecule has 2 aliphatic rings. The summed E-state index contributed by atoms with van der Waals surface area (Å²) in [6, 6.07) is 11.7. The molecular formula is C16H24N2. The molecule has 0 aliphatic carbocycles. The molecule has 3 rings (SSSR count). The Morgan fingerprint density at radius 1 is 1.06 bits per heavy atom. The molecule has 1 aromatic carbocycles. The van der Waals surface area contributed by atoms with Crippen LogP contribution in [0.3, 0.4) is 0 Å². The summed E-state index contributed by atoms with van der Waals surface area (Å²) in [6.07, 6.45) is 5.53. The molecule has 2 nitrogen and oxygen atoms in total. The first-order valence-corrected chi connectivity index (χ1v) is 7.41. The first-order valence-electron chi connectivity index (χ1n) is 7.41. The molecule has 0 aromatic heterocycles. The molecule has 2 fully saturated rings. The van der Waals surface area contributed by atoms with Crippen LogP contribution in [0.4, 0.5) is 0 Å². The number of hydrogen-bond acceptors (Lipinski definition) is 2. The minimum Gasteiger partial charge on any atom is -0.314 e. The van der Waals surface area contributed by atoms with Crippen molar-refractivity contribution in [3.05, 3.63) is 35.9 Å². The van der Waals surface area contributed by atoms with E-state index < -0.39 is 0 Å². The van der Waals surface area contributed by atoms with E-state index >= 15 is 0 Å². The summed E-state index contributed by atoms with van der Waals surface area (Å²) in [4.78, 5) is 2.63. The maximum atomic E-state index is 3.72. The van der Waals surface area contributed by atoms with Crippen molar-refractivity contribution in [3.63, 3.8) is 0 Å². The number of hydrogen-bond donors (Lipinski definition) is 1. The normalized spacial score (nSPS) is 29.6. The Morgan fingerprint density at radius 2 is 1.89 bits per heavy atom. The van der Waals surface area contributed by atoms with Crippen molar-refractivity contribution >= 4 is 0 Å². The second-order valence-corrected chi connectivity index (χ2v) is 5.80. The molecule has 98 valence electrons. The van der Waals surface area contributed by atoms with Crippen LogP contribution >= 0.6 is 0 Å². The summed E-state index contributed by atoms with van der Waals surface area (Å²) in [5.74, 6) is 0.930. The van der Waals surface area contributed by atoms with Crippen molar-refractivity contribution in [2.24, 2.45) is 5.92 Å². The summed E-state index contributed by atoms with van der Waals surface area (Å²) < 4.78 is 0. The third-order valence-electron chi connectivity index (χ3n) is 4.55. The van der Waals surface area contributed by atoms with Crippen LogP contribution in [-0.2, 0) is 6.54 Å². The fourth-order valence-electron chi connectivity index (χ4n) is 3.48. The second kappa shape index (κ2) is 5.85. The van der Waals surface area contributed by atoms with Gasteiger partial charge in [-0.15, -0.1) is 0 Å². The van der Waals surface area contributed by atoms with Crippen molar-refractivity contribution in [2.75, 3.05) is 19.6 Å². The summed E-state index contributed by atoms with van der Waals surface area (Å²) in [5.41, 5.74) is 1.45. The van der Waals surface area contributed by atoms with E-state index in [1.54, 1.807) is 0 Å². The Bertz CT molecular complexity index is 347. The summed E-state index contributed by atoms with van der Waals surface area (Å²) in [5, 5.41) is 3.72. The predicted octanol–water partition coefficient (Wildman–Crippen LogP) is 2.65. The smallest absolute Gasteiger partial charge is 0.0233 e. The number of likely N-dealkylation sites (tertiary alicyclic amines) is 1. The molecule has 2 atom stereocenters. The third-order valence-corrected chi connectivity index (χ3v) is 4.55. The van der Waals surface area contributed by atoms with Gasteiger partial charge in [-0.2, -0.15) is 0 Å². The molecule has 18 heavy (non-hydrogen) atoms. The Hall–Kier alpha value is -0.860. The third kappa shape index (κ3) is 2.93. The van der Waals surface area contributed by atoms with Gasteiger partial charge in [-0.3, -0.25) is 4.90 Å². The van der Waals surface area contributed by atoms with E-state index in [9.17, 15) is 0 Å². The standard InChI is InChI=1S/C16H24N2/c1-2-5-14(6-3-1)13-18-11-8-15-7-4-10-17-16(15)9-12-18/h1-3,5-6,15-17H,4,7-13H2. The zero-order valence-corrected chi connectivity index (χ0v) is 11.1. The topological polar surface area (TPSA) is 15.3 Å². The lowest BCUT2D eigenvalue weighted by Gasteiger charge is -2.30. The van der Waals surface area contributed by atoms with E-state index in [-0.39, 0.29) is 0 Å². The number of fused-ring (bicyclic) bond motifs is 1. The maximum absolute atomic E-state index is 3.72. The molecule has 2 unspecified atom stereocenters. The highest BCUT2D eigenvalue weighted by atomic mass is 15.1. The van der Waals surface area contributed by atoms with E-state index in [1.807, 2.05) is 0 Å². The van der Waals surface area contributed by atoms with Gasteiger partial charge in [-0.25, -0.2) is 0 Å². The van der Waals surface area contributed by atoms with Crippen LogP contribution in [0.15, 0.2) is 30.3 Å². The molecule has 0 radical (unpaired) electrons. The molecule has 2 heterocycles. The summed E-state index contributed by atoms with van der Waals surface area (Å²) >= 11 is 0. The molecule has 0 bridgehead atoms. The highest BCUT2D eigenvalue weighted by Gasteiger charge is 2.28. The van der Waals surface area contributed by atoms with Crippen LogP contribution in [0, 0.1) is 5.92 Å². The molecule has 2 saturated heterocycles. The van der Waals surface area contributed by atoms with Crippen LogP contribution in [0.25, 0.3) is 0 Å². The van der Waals surface area contributed by atoms with Gasteiger partial charge in [0.15, 0.2) is 0 Å². The lowest BCUT2D eigenvalue weighted by atomic mass is 9.87. The highest BCUT2D eigenvalue weighted by molar-refractivity contribution is 5.14. The van der Waals surface area contributed by atoms with Gasteiger partial charge >= 0.3 is 0 Å². The maximum Gasteiger partial charge on any atom is 0.0233 e. The highest BCUT2D eigenvalue weighted by Crippen LogP contribution is 2.26. The van der Waals surface area contributed by atoms with Crippen LogP contribution in [0.2, 0.25) is 0 Å². The zero-order valence-electron chi connectivity index (χ0n) is 11.1. The fourth-order valence-corrected chi connectivity index (χ4v) is 3.48. The summed E-state index contributed by atoms with van der Waals surface area (Å²) in [6.45, 7) is 4.89. The molecule has 2 aliphatic heterocycles. The van der Waals surface area contributed by atoms with E-state index in [1.165, 1.54) is 50.9 Å². The SMILES string of the molecule is c1ccc(CN2CCC3CCCNC3CC2)cc1. The van der Waals surface area contributed by atoms with Gasteiger partial charge in [0.25, 0.3) is 0 Å². The van der Waals surface area contributed by atoms with Crippen LogP contribution in [-0.4, -0.2) is 30.6 Å². The van der Waals surface area contributed by atoms with Crippen molar-refractivity contribution in [1.82, 2.24) is 10.2 Å². The molecular weight excluding hydrogens is 220 g/mol. The molecule has 2 heteroatoms. The molecule has 0 saturated carbocycles. The van der Waals surface area contributed by atoms with Crippen molar-refractivity contribution in [3.8, 4) is 0 Å². The monoisotopic (exact) mass is 244 g/mol. The number of nitrogens with zero attached hydrogens (tertiary/aromatic N) is 1. The van der Waals surface area contributed by atoms with Crippen LogP contribution < -0.4 is 5.32 Å². The average molecular weight is 244 g/mol. The van der Waals surface area contributed by atoms with Gasteiger partial charge in [0.2, 0.25) is 0 Å². The number of benzene rings is 1. The quantitative estimate of drug-likeness (QED) is 0.860. The molecule has 1 N–H and O–H groups in total. The molecule has 0 spiro atoms. The van der Waals surface area contributed by atoms with Gasteiger partial charge in [-0.05, 0) is 56.8 Å². The first kappa shape index (κ1) is 12.2. The lowest BCUT2D eigenvalue weighted by Crippen LogP contribution is -2.41.